The molecule has 0 saturated heterocycles. The molecule has 1 aromatic heterocycles. The molecule has 0 aliphatic rings. The second-order valence-corrected chi connectivity index (χ2v) is 5.07. The maximum Gasteiger partial charge on any atom is 0.203 e. The van der Waals surface area contributed by atoms with Gasteiger partial charge in [-0.05, 0) is 29.8 Å². The smallest absolute Gasteiger partial charge is 0.203 e. The average molecular weight is 358 g/mol. The molecular formula is C20H22O6. The summed E-state index contributed by atoms with van der Waals surface area (Å²) in [6.45, 7) is 4.00. The molecule has 0 spiro atoms. The van der Waals surface area contributed by atoms with E-state index < -0.39 is 0 Å². The van der Waals surface area contributed by atoms with Gasteiger partial charge in [-0.15, -0.1) is 0 Å². The number of aromatic hydroxyl groups is 1. The second kappa shape index (κ2) is 8.29. The van der Waals surface area contributed by atoms with Crippen LogP contribution in [0.25, 0.3) is 22.1 Å². The first-order valence-corrected chi connectivity index (χ1v) is 8.14. The predicted molar refractivity (Wildman–Crippen MR) is 101 cm³/mol. The standard InChI is InChI=1S/C18H16O6.C2H6/c1-21-15-6-10(7-16(22-2)18(15)23-3)13-9-24-14-8-11(19)4-5-12(14)17(13)20;1-2/h4-9,19H,1-3H3;1-2H3. The van der Waals surface area contributed by atoms with Gasteiger partial charge < -0.3 is 23.7 Å². The molecule has 1 N–H and O–H groups in total. The number of hydrogen-bond acceptors (Lipinski definition) is 6. The minimum atomic E-state index is -0.217. The Morgan fingerprint density at radius 3 is 2.08 bits per heavy atom. The normalized spacial score (nSPS) is 10.0. The number of hydrogen-bond donors (Lipinski definition) is 1. The molecular weight excluding hydrogens is 336 g/mol. The zero-order valence-corrected chi connectivity index (χ0v) is 15.5. The Morgan fingerprint density at radius 1 is 0.923 bits per heavy atom. The number of phenolic OH excluding ortho intramolecular Hbond substituents is 1. The summed E-state index contributed by atoms with van der Waals surface area (Å²) in [6.07, 6.45) is 1.35. The average Bonchev–Trinajstić information content (AvgIpc) is 2.68. The highest BCUT2D eigenvalue weighted by molar-refractivity contribution is 5.83. The van der Waals surface area contributed by atoms with Crippen molar-refractivity contribution in [2.45, 2.75) is 13.8 Å². The van der Waals surface area contributed by atoms with Crippen molar-refractivity contribution >= 4 is 11.0 Å². The third-order valence-electron chi connectivity index (χ3n) is 3.73. The first-order chi connectivity index (χ1) is 12.6. The zero-order valence-electron chi connectivity index (χ0n) is 15.5. The van der Waals surface area contributed by atoms with Crippen LogP contribution in [0.15, 0.2) is 45.8 Å². The molecule has 3 rings (SSSR count). The lowest BCUT2D eigenvalue weighted by Gasteiger charge is -2.14. The third kappa shape index (κ3) is 3.44. The van der Waals surface area contributed by atoms with Gasteiger partial charge in [-0.25, -0.2) is 0 Å². The van der Waals surface area contributed by atoms with Crippen molar-refractivity contribution in [3.05, 3.63) is 46.8 Å². The van der Waals surface area contributed by atoms with E-state index in [9.17, 15) is 9.90 Å². The maximum atomic E-state index is 12.7. The lowest BCUT2D eigenvalue weighted by atomic mass is 10.0. The fraction of sp³-hybridized carbons (Fsp3) is 0.250. The van der Waals surface area contributed by atoms with Crippen LogP contribution in [0, 0.1) is 0 Å². The van der Waals surface area contributed by atoms with Crippen LogP contribution in [0.4, 0.5) is 0 Å². The van der Waals surface area contributed by atoms with Gasteiger partial charge in [0.1, 0.15) is 17.6 Å². The van der Waals surface area contributed by atoms with Gasteiger partial charge in [-0.3, -0.25) is 4.79 Å². The molecule has 2 aromatic carbocycles. The van der Waals surface area contributed by atoms with E-state index in [4.69, 9.17) is 18.6 Å². The van der Waals surface area contributed by atoms with E-state index in [0.29, 0.717) is 39.3 Å². The van der Waals surface area contributed by atoms with E-state index in [1.54, 1.807) is 12.1 Å². The van der Waals surface area contributed by atoms with Gasteiger partial charge in [-0.2, -0.15) is 0 Å². The van der Waals surface area contributed by atoms with Gasteiger partial charge in [0.2, 0.25) is 5.75 Å². The molecule has 0 saturated carbocycles. The Morgan fingerprint density at radius 2 is 1.54 bits per heavy atom. The van der Waals surface area contributed by atoms with Crippen LogP contribution in [0.3, 0.4) is 0 Å². The largest absolute Gasteiger partial charge is 0.508 e. The summed E-state index contributed by atoms with van der Waals surface area (Å²) in [4.78, 5) is 12.7. The molecule has 3 aromatic rings. The molecule has 6 heteroatoms. The Labute approximate surface area is 151 Å². The van der Waals surface area contributed by atoms with E-state index in [2.05, 4.69) is 0 Å². The third-order valence-corrected chi connectivity index (χ3v) is 3.73. The maximum absolute atomic E-state index is 12.7. The highest BCUT2D eigenvalue weighted by Crippen LogP contribution is 2.40. The zero-order chi connectivity index (χ0) is 19.3. The van der Waals surface area contributed by atoms with Crippen molar-refractivity contribution in [2.75, 3.05) is 21.3 Å². The lowest BCUT2D eigenvalue weighted by molar-refractivity contribution is 0.324. The minimum Gasteiger partial charge on any atom is -0.508 e. The van der Waals surface area contributed by atoms with Crippen LogP contribution in [0.1, 0.15) is 13.8 Å². The number of benzene rings is 2. The fourth-order valence-corrected chi connectivity index (χ4v) is 2.55. The van der Waals surface area contributed by atoms with Crippen LogP contribution >= 0.6 is 0 Å². The topological polar surface area (TPSA) is 78.1 Å². The Balaban J connectivity index is 0.00000117. The molecule has 0 amide bonds. The number of fused-ring (bicyclic) bond motifs is 1. The summed E-state index contributed by atoms with van der Waals surface area (Å²) in [7, 11) is 4.52. The Kier molecular flexibility index (Phi) is 6.11. The minimum absolute atomic E-state index is 0.0335. The van der Waals surface area contributed by atoms with E-state index in [-0.39, 0.29) is 11.2 Å². The van der Waals surface area contributed by atoms with Gasteiger partial charge >= 0.3 is 0 Å². The highest BCUT2D eigenvalue weighted by atomic mass is 16.5. The molecule has 0 radical (unpaired) electrons. The van der Waals surface area contributed by atoms with Crippen molar-refractivity contribution in [2.24, 2.45) is 0 Å². The van der Waals surface area contributed by atoms with Crippen molar-refractivity contribution in [3.63, 3.8) is 0 Å². The van der Waals surface area contributed by atoms with E-state index in [0.717, 1.165) is 0 Å². The lowest BCUT2D eigenvalue weighted by Crippen LogP contribution is -2.05. The molecule has 0 aliphatic carbocycles. The van der Waals surface area contributed by atoms with Crippen molar-refractivity contribution in [3.8, 4) is 34.1 Å². The Hall–Kier alpha value is -3.15. The molecule has 6 nitrogen and oxygen atoms in total. The van der Waals surface area contributed by atoms with Gasteiger partial charge in [-0.1, -0.05) is 13.8 Å². The summed E-state index contributed by atoms with van der Waals surface area (Å²) >= 11 is 0. The van der Waals surface area contributed by atoms with Crippen LogP contribution in [0.2, 0.25) is 0 Å². The molecule has 0 fully saturated rings. The Bertz CT molecular complexity index is 933. The SMILES string of the molecule is CC.COc1cc(-c2coc3cc(O)ccc3c2=O)cc(OC)c1OC. The molecule has 0 bridgehead atoms. The van der Waals surface area contributed by atoms with Gasteiger partial charge in [0, 0.05) is 6.07 Å². The number of rotatable bonds is 4. The van der Waals surface area contributed by atoms with Crippen LogP contribution in [-0.4, -0.2) is 26.4 Å². The summed E-state index contributed by atoms with van der Waals surface area (Å²) in [6, 6.07) is 7.73. The van der Waals surface area contributed by atoms with Gasteiger partial charge in [0.15, 0.2) is 16.9 Å². The summed E-state index contributed by atoms with van der Waals surface area (Å²) in [5, 5.41) is 9.87. The summed E-state index contributed by atoms with van der Waals surface area (Å²) in [5.41, 5.74) is 1.03. The van der Waals surface area contributed by atoms with Crippen molar-refractivity contribution in [1.29, 1.82) is 0 Å². The molecule has 1 heterocycles. The van der Waals surface area contributed by atoms with E-state index in [1.807, 2.05) is 13.8 Å². The van der Waals surface area contributed by atoms with Gasteiger partial charge in [0.25, 0.3) is 0 Å². The van der Waals surface area contributed by atoms with Crippen LogP contribution in [0.5, 0.6) is 23.0 Å². The monoisotopic (exact) mass is 358 g/mol. The molecule has 0 unspecified atom stereocenters. The molecule has 0 aliphatic heterocycles. The van der Waals surface area contributed by atoms with E-state index >= 15 is 0 Å². The number of phenols is 1. The summed E-state index contributed by atoms with van der Waals surface area (Å²) in [5.74, 6) is 1.36. The summed E-state index contributed by atoms with van der Waals surface area (Å²) < 4.78 is 21.4. The predicted octanol–water partition coefficient (Wildman–Crippen LogP) is 4.22. The quantitative estimate of drug-likeness (QED) is 0.752. The van der Waals surface area contributed by atoms with Crippen LogP contribution in [-0.2, 0) is 0 Å². The fourth-order valence-electron chi connectivity index (χ4n) is 2.55. The van der Waals surface area contributed by atoms with Crippen molar-refractivity contribution < 1.29 is 23.7 Å². The first-order valence-electron chi connectivity index (χ1n) is 8.14. The molecule has 26 heavy (non-hydrogen) atoms. The molecule has 138 valence electrons. The number of ether oxygens (including phenoxy) is 3. The van der Waals surface area contributed by atoms with E-state index in [1.165, 1.54) is 45.8 Å². The number of methoxy groups -OCH3 is 3. The van der Waals surface area contributed by atoms with Crippen molar-refractivity contribution in [1.82, 2.24) is 0 Å². The van der Waals surface area contributed by atoms with Gasteiger partial charge in [0.05, 0.1) is 32.3 Å². The highest BCUT2D eigenvalue weighted by Gasteiger charge is 2.17. The first kappa shape index (κ1) is 19.2. The molecule has 0 atom stereocenters. The second-order valence-electron chi connectivity index (χ2n) is 5.07. The van der Waals surface area contributed by atoms with Crippen LogP contribution < -0.4 is 19.6 Å².